The fourth-order valence-electron chi connectivity index (χ4n) is 2.95. The molecule has 0 saturated carbocycles. The normalized spacial score (nSPS) is 12.4. The van der Waals surface area contributed by atoms with Crippen LogP contribution in [0.15, 0.2) is 36.5 Å². The van der Waals surface area contributed by atoms with E-state index in [9.17, 15) is 9.59 Å². The first-order valence-electron chi connectivity index (χ1n) is 8.36. The molecule has 0 radical (unpaired) electrons. The Bertz CT molecular complexity index is 802. The third-order valence-corrected chi connectivity index (χ3v) is 4.26. The van der Waals surface area contributed by atoms with E-state index in [0.717, 1.165) is 18.4 Å². The average molecular weight is 338 g/mol. The Morgan fingerprint density at radius 2 is 1.92 bits per heavy atom. The highest BCUT2D eigenvalue weighted by Gasteiger charge is 2.12. The number of carbonyl (C=O) groups excluding carboxylic acids is 2. The molecule has 0 atom stereocenters. The summed E-state index contributed by atoms with van der Waals surface area (Å²) in [5, 5.41) is 5.58. The van der Waals surface area contributed by atoms with Gasteiger partial charge in [-0.2, -0.15) is 0 Å². The summed E-state index contributed by atoms with van der Waals surface area (Å²) in [5.74, 6) is -0.206. The molecule has 3 rings (SSSR count). The minimum absolute atomic E-state index is 0.206. The van der Waals surface area contributed by atoms with E-state index in [1.807, 2.05) is 0 Å². The molecule has 1 aromatic heterocycles. The molecule has 0 spiro atoms. The number of nitrogens with one attached hydrogen (secondary N) is 2. The largest absolute Gasteiger partial charge is 0.343 e. The van der Waals surface area contributed by atoms with Crippen molar-refractivity contribution < 1.29 is 9.59 Å². The summed E-state index contributed by atoms with van der Waals surface area (Å²) in [6, 6.07) is 9.29. The molecule has 1 aliphatic carbocycles. The maximum absolute atomic E-state index is 12.1. The monoisotopic (exact) mass is 338 g/mol. The Kier molecular flexibility index (Phi) is 4.97. The highest BCUT2D eigenvalue weighted by atomic mass is 16.2. The van der Waals surface area contributed by atoms with E-state index in [2.05, 4.69) is 33.8 Å². The van der Waals surface area contributed by atoms with Gasteiger partial charge in [-0.3, -0.25) is 9.78 Å². The van der Waals surface area contributed by atoms with Gasteiger partial charge in [0.2, 0.25) is 0 Å². The highest BCUT2D eigenvalue weighted by molar-refractivity contribution is 5.95. The zero-order valence-electron chi connectivity index (χ0n) is 14.5. The molecular formula is C19H22N4O2. The van der Waals surface area contributed by atoms with Crippen molar-refractivity contribution >= 4 is 17.6 Å². The van der Waals surface area contributed by atoms with E-state index in [-0.39, 0.29) is 11.9 Å². The molecule has 1 aliphatic rings. The number of benzene rings is 1. The minimum atomic E-state index is -0.310. The van der Waals surface area contributed by atoms with E-state index in [4.69, 9.17) is 0 Å². The summed E-state index contributed by atoms with van der Waals surface area (Å²) in [5.41, 5.74) is 4.73. The number of amides is 3. The van der Waals surface area contributed by atoms with Gasteiger partial charge < -0.3 is 15.5 Å². The molecule has 25 heavy (non-hydrogen) atoms. The lowest BCUT2D eigenvalue weighted by atomic mass is 10.1. The second-order valence-corrected chi connectivity index (χ2v) is 6.39. The van der Waals surface area contributed by atoms with Gasteiger partial charge in [-0.05, 0) is 48.1 Å². The predicted octanol–water partition coefficient (Wildman–Crippen LogP) is 2.59. The number of urea groups is 1. The Morgan fingerprint density at radius 1 is 1.12 bits per heavy atom. The van der Waals surface area contributed by atoms with Crippen LogP contribution in [-0.4, -0.2) is 35.9 Å². The highest BCUT2D eigenvalue weighted by Crippen LogP contribution is 2.22. The third-order valence-electron chi connectivity index (χ3n) is 4.26. The molecule has 3 amide bonds. The fraction of sp³-hybridized carbons (Fsp3) is 0.316. The van der Waals surface area contributed by atoms with Crippen molar-refractivity contribution in [1.82, 2.24) is 15.2 Å². The number of fused-ring (bicyclic) bond motifs is 1. The smallest absolute Gasteiger partial charge is 0.319 e. The lowest BCUT2D eigenvalue weighted by Crippen LogP contribution is -2.28. The minimum Gasteiger partial charge on any atom is -0.343 e. The average Bonchev–Trinajstić information content (AvgIpc) is 3.07. The summed E-state index contributed by atoms with van der Waals surface area (Å²) in [4.78, 5) is 29.5. The van der Waals surface area contributed by atoms with Gasteiger partial charge in [0, 0.05) is 32.5 Å². The van der Waals surface area contributed by atoms with Crippen LogP contribution in [-0.2, 0) is 19.4 Å². The number of anilines is 1. The summed E-state index contributed by atoms with van der Waals surface area (Å²) in [7, 11) is 3.32. The van der Waals surface area contributed by atoms with Crippen LogP contribution in [0.4, 0.5) is 10.5 Å². The third kappa shape index (κ3) is 4.15. The Labute approximate surface area is 147 Å². The van der Waals surface area contributed by atoms with Gasteiger partial charge >= 0.3 is 6.03 Å². The van der Waals surface area contributed by atoms with Gasteiger partial charge in [-0.1, -0.05) is 18.2 Å². The molecule has 6 nitrogen and oxygen atoms in total. The summed E-state index contributed by atoms with van der Waals surface area (Å²) < 4.78 is 0. The molecule has 2 N–H and O–H groups in total. The summed E-state index contributed by atoms with van der Waals surface area (Å²) in [6.07, 6.45) is 4.99. The summed E-state index contributed by atoms with van der Waals surface area (Å²) >= 11 is 0. The van der Waals surface area contributed by atoms with Gasteiger partial charge in [0.25, 0.3) is 5.91 Å². The van der Waals surface area contributed by atoms with Crippen molar-refractivity contribution in [3.05, 3.63) is 58.9 Å². The van der Waals surface area contributed by atoms with E-state index in [1.165, 1.54) is 28.6 Å². The second-order valence-electron chi connectivity index (χ2n) is 6.39. The van der Waals surface area contributed by atoms with Crippen LogP contribution < -0.4 is 10.6 Å². The molecule has 1 aromatic carbocycles. The number of hydrogen-bond donors (Lipinski definition) is 2. The van der Waals surface area contributed by atoms with Gasteiger partial charge in [0.05, 0.1) is 0 Å². The molecule has 0 unspecified atom stereocenters. The zero-order valence-corrected chi connectivity index (χ0v) is 14.5. The molecule has 130 valence electrons. The lowest BCUT2D eigenvalue weighted by Gasteiger charge is -2.11. The van der Waals surface area contributed by atoms with Crippen LogP contribution in [0.1, 0.15) is 33.6 Å². The quantitative estimate of drug-likeness (QED) is 0.900. The lowest BCUT2D eigenvalue weighted by molar-refractivity contribution is 0.0822. The van der Waals surface area contributed by atoms with Crippen molar-refractivity contribution in [3.8, 4) is 0 Å². The van der Waals surface area contributed by atoms with Crippen molar-refractivity contribution in [2.75, 3.05) is 19.4 Å². The number of rotatable bonds is 4. The van der Waals surface area contributed by atoms with Crippen LogP contribution in [0.5, 0.6) is 0 Å². The Balaban J connectivity index is 1.57. The van der Waals surface area contributed by atoms with E-state index < -0.39 is 0 Å². The molecule has 0 aliphatic heterocycles. The van der Waals surface area contributed by atoms with Crippen molar-refractivity contribution in [3.63, 3.8) is 0 Å². The van der Waals surface area contributed by atoms with Crippen molar-refractivity contribution in [2.24, 2.45) is 0 Å². The molecule has 1 heterocycles. The van der Waals surface area contributed by atoms with Gasteiger partial charge in [0.1, 0.15) is 5.69 Å². The number of aromatic nitrogens is 1. The van der Waals surface area contributed by atoms with E-state index in [1.54, 1.807) is 26.2 Å². The number of nitrogens with zero attached hydrogens (tertiary/aromatic N) is 2. The van der Waals surface area contributed by atoms with E-state index in [0.29, 0.717) is 17.9 Å². The Morgan fingerprint density at radius 3 is 2.72 bits per heavy atom. The maximum atomic E-state index is 12.1. The maximum Gasteiger partial charge on any atom is 0.319 e. The van der Waals surface area contributed by atoms with Crippen LogP contribution in [0.3, 0.4) is 0 Å². The van der Waals surface area contributed by atoms with Gasteiger partial charge in [0.15, 0.2) is 0 Å². The van der Waals surface area contributed by atoms with Gasteiger partial charge in [-0.25, -0.2) is 4.79 Å². The Hall–Kier alpha value is -2.89. The fourth-order valence-corrected chi connectivity index (χ4v) is 2.95. The molecular weight excluding hydrogens is 316 g/mol. The van der Waals surface area contributed by atoms with Crippen molar-refractivity contribution in [1.29, 1.82) is 0 Å². The second kappa shape index (κ2) is 7.34. The predicted molar refractivity (Wildman–Crippen MR) is 96.6 cm³/mol. The standard InChI is InChI=1S/C19H22N4O2/c1-23(2)18(24)17-11-16(8-9-20-17)22-19(25)21-12-13-6-7-14-4-3-5-15(14)10-13/h6-11H,3-5,12H2,1-2H3,(H2,20,21,22,25). The van der Waals surface area contributed by atoms with Crippen LogP contribution in [0, 0.1) is 0 Å². The topological polar surface area (TPSA) is 74.3 Å². The molecule has 0 bridgehead atoms. The first-order chi connectivity index (χ1) is 12.0. The molecule has 0 fully saturated rings. The molecule has 2 aromatic rings. The van der Waals surface area contributed by atoms with Crippen LogP contribution in [0.2, 0.25) is 0 Å². The number of aryl methyl sites for hydroxylation is 2. The summed E-state index contributed by atoms with van der Waals surface area (Å²) in [6.45, 7) is 0.466. The van der Waals surface area contributed by atoms with Crippen LogP contribution in [0.25, 0.3) is 0 Å². The first-order valence-corrected chi connectivity index (χ1v) is 8.36. The zero-order chi connectivity index (χ0) is 17.8. The van der Waals surface area contributed by atoms with Crippen molar-refractivity contribution in [2.45, 2.75) is 25.8 Å². The number of hydrogen-bond acceptors (Lipinski definition) is 3. The molecule has 6 heteroatoms. The SMILES string of the molecule is CN(C)C(=O)c1cc(NC(=O)NCc2ccc3c(c2)CCC3)ccn1. The first kappa shape index (κ1) is 17.0. The number of pyridine rings is 1. The van der Waals surface area contributed by atoms with Crippen LogP contribution >= 0.6 is 0 Å². The van der Waals surface area contributed by atoms with Gasteiger partial charge in [-0.15, -0.1) is 0 Å². The molecule has 0 saturated heterocycles. The number of carbonyl (C=O) groups is 2. The van der Waals surface area contributed by atoms with E-state index >= 15 is 0 Å².